The Kier molecular flexibility index (Phi) is 4.77. The van der Waals surface area contributed by atoms with Crippen molar-refractivity contribution >= 4 is 43.6 Å². The maximum absolute atomic E-state index is 12.3. The monoisotopic (exact) mass is 398 g/mol. The van der Waals surface area contributed by atoms with Gasteiger partial charge in [-0.25, -0.2) is 4.98 Å². The molecule has 0 aliphatic heterocycles. The van der Waals surface area contributed by atoms with Crippen molar-refractivity contribution in [2.45, 2.75) is 6.92 Å². The average molecular weight is 400 g/mol. The topological polar surface area (TPSA) is 51.2 Å². The van der Waals surface area contributed by atoms with E-state index in [1.807, 2.05) is 13.0 Å². The van der Waals surface area contributed by atoms with Gasteiger partial charge in [0.15, 0.2) is 0 Å². The van der Waals surface area contributed by atoms with Crippen LogP contribution in [0, 0.1) is 6.92 Å². The fourth-order valence-corrected chi connectivity index (χ4v) is 2.25. The molecule has 0 fully saturated rings. The number of nitrogens with one attached hydrogen (secondary N) is 1. The molecule has 0 radical (unpaired) electrons. The molecule has 4 nitrogen and oxygen atoms in total. The highest BCUT2D eigenvalue weighted by Gasteiger charge is 2.12. The molecule has 0 aliphatic carbocycles. The van der Waals surface area contributed by atoms with Crippen LogP contribution >= 0.6 is 31.9 Å². The van der Waals surface area contributed by atoms with Gasteiger partial charge in [-0.1, -0.05) is 0 Å². The number of hydrogen-bond donors (Lipinski definition) is 1. The van der Waals surface area contributed by atoms with E-state index in [0.717, 1.165) is 10.2 Å². The Bertz CT molecular complexity index is 660. The molecule has 1 aromatic heterocycles. The number of hydrogen-bond acceptors (Lipinski definition) is 3. The first-order valence-electron chi connectivity index (χ1n) is 5.79. The summed E-state index contributed by atoms with van der Waals surface area (Å²) in [5.41, 5.74) is 1.30. The van der Waals surface area contributed by atoms with Gasteiger partial charge in [0.25, 0.3) is 5.91 Å². The summed E-state index contributed by atoms with van der Waals surface area (Å²) in [6.07, 6.45) is 0. The molecule has 0 spiro atoms. The van der Waals surface area contributed by atoms with E-state index >= 15 is 0 Å². The van der Waals surface area contributed by atoms with Gasteiger partial charge in [0.05, 0.1) is 18.4 Å². The number of amides is 1. The summed E-state index contributed by atoms with van der Waals surface area (Å²) in [5, 5.41) is 2.76. The van der Waals surface area contributed by atoms with E-state index < -0.39 is 0 Å². The molecule has 1 aromatic carbocycles. The van der Waals surface area contributed by atoms with Crippen molar-refractivity contribution in [1.82, 2.24) is 4.98 Å². The Morgan fingerprint density at radius 2 is 1.90 bits per heavy atom. The minimum absolute atomic E-state index is 0.245. The SMILES string of the molecule is COc1ccc(Br)c(C(=O)Nc2ccc(Br)c(C)n2)c1. The number of benzene rings is 1. The van der Waals surface area contributed by atoms with Gasteiger partial charge in [-0.2, -0.15) is 0 Å². The molecule has 1 N–H and O–H groups in total. The lowest BCUT2D eigenvalue weighted by atomic mass is 10.2. The smallest absolute Gasteiger partial charge is 0.258 e. The summed E-state index contributed by atoms with van der Waals surface area (Å²) < 4.78 is 6.72. The molecule has 2 aromatic rings. The minimum atomic E-state index is -0.245. The number of anilines is 1. The van der Waals surface area contributed by atoms with Gasteiger partial charge in [0.2, 0.25) is 0 Å². The zero-order valence-electron chi connectivity index (χ0n) is 10.9. The second-order valence-corrected chi connectivity index (χ2v) is 5.77. The highest BCUT2D eigenvalue weighted by atomic mass is 79.9. The van der Waals surface area contributed by atoms with E-state index in [-0.39, 0.29) is 5.91 Å². The van der Waals surface area contributed by atoms with Crippen molar-refractivity contribution in [3.05, 3.63) is 50.5 Å². The zero-order valence-corrected chi connectivity index (χ0v) is 14.1. The second-order valence-electron chi connectivity index (χ2n) is 4.06. The number of carbonyl (C=O) groups is 1. The number of ether oxygens (including phenoxy) is 1. The lowest BCUT2D eigenvalue weighted by Gasteiger charge is -2.09. The first-order valence-corrected chi connectivity index (χ1v) is 7.38. The van der Waals surface area contributed by atoms with E-state index in [0.29, 0.717) is 21.6 Å². The number of carbonyl (C=O) groups excluding carboxylic acids is 1. The van der Waals surface area contributed by atoms with Crippen LogP contribution in [0.25, 0.3) is 0 Å². The Hall–Kier alpha value is -1.40. The van der Waals surface area contributed by atoms with Crippen LogP contribution in [0.1, 0.15) is 16.1 Å². The Morgan fingerprint density at radius 3 is 2.55 bits per heavy atom. The largest absolute Gasteiger partial charge is 0.497 e. The van der Waals surface area contributed by atoms with Gasteiger partial charge < -0.3 is 10.1 Å². The van der Waals surface area contributed by atoms with E-state index in [4.69, 9.17) is 4.74 Å². The summed E-state index contributed by atoms with van der Waals surface area (Å²) in [6, 6.07) is 8.81. The summed E-state index contributed by atoms with van der Waals surface area (Å²) in [7, 11) is 1.56. The molecule has 1 amide bonds. The molecular formula is C14H12Br2N2O2. The van der Waals surface area contributed by atoms with Crippen LogP contribution < -0.4 is 10.1 Å². The molecule has 0 bridgehead atoms. The van der Waals surface area contributed by atoms with Gasteiger partial charge in [0, 0.05) is 8.95 Å². The molecule has 0 atom stereocenters. The predicted octanol–water partition coefficient (Wildman–Crippen LogP) is 4.18. The van der Waals surface area contributed by atoms with Gasteiger partial charge in [-0.05, 0) is 69.1 Å². The predicted molar refractivity (Wildman–Crippen MR) is 85.3 cm³/mol. The third-order valence-electron chi connectivity index (χ3n) is 2.68. The fraction of sp³-hybridized carbons (Fsp3) is 0.143. The fourth-order valence-electron chi connectivity index (χ4n) is 1.60. The van der Waals surface area contributed by atoms with Crippen molar-refractivity contribution in [2.24, 2.45) is 0 Å². The van der Waals surface area contributed by atoms with Crippen LogP contribution in [0.3, 0.4) is 0 Å². The standard InChI is InChI=1S/C14H12Br2N2O2/c1-8-11(15)5-6-13(17-8)18-14(19)10-7-9(20-2)3-4-12(10)16/h3-7H,1-2H3,(H,17,18,19). The van der Waals surface area contributed by atoms with Gasteiger partial charge >= 0.3 is 0 Å². The molecule has 1 heterocycles. The molecule has 0 unspecified atom stereocenters. The maximum atomic E-state index is 12.3. The molecule has 0 saturated carbocycles. The van der Waals surface area contributed by atoms with Crippen molar-refractivity contribution in [2.75, 3.05) is 12.4 Å². The Balaban J connectivity index is 2.25. The zero-order chi connectivity index (χ0) is 14.7. The lowest BCUT2D eigenvalue weighted by Crippen LogP contribution is -2.14. The van der Waals surface area contributed by atoms with Crippen LogP contribution in [0.2, 0.25) is 0 Å². The van der Waals surface area contributed by atoms with Crippen LogP contribution in [-0.4, -0.2) is 18.0 Å². The van der Waals surface area contributed by atoms with Crippen LogP contribution in [0.5, 0.6) is 5.75 Å². The number of nitrogens with zero attached hydrogens (tertiary/aromatic N) is 1. The summed E-state index contributed by atoms with van der Waals surface area (Å²) in [6.45, 7) is 1.86. The molecule has 2 rings (SSSR count). The highest BCUT2D eigenvalue weighted by Crippen LogP contribution is 2.24. The van der Waals surface area contributed by atoms with E-state index in [9.17, 15) is 4.79 Å². The third kappa shape index (κ3) is 3.37. The van der Waals surface area contributed by atoms with Gasteiger partial charge in [-0.3, -0.25) is 4.79 Å². The minimum Gasteiger partial charge on any atom is -0.497 e. The van der Waals surface area contributed by atoms with Crippen molar-refractivity contribution in [3.8, 4) is 5.75 Å². The molecule has 104 valence electrons. The summed E-state index contributed by atoms with van der Waals surface area (Å²) in [4.78, 5) is 16.5. The van der Waals surface area contributed by atoms with Gasteiger partial charge in [0.1, 0.15) is 11.6 Å². The normalized spacial score (nSPS) is 10.2. The number of methoxy groups -OCH3 is 1. The first-order chi connectivity index (χ1) is 9.51. The second kappa shape index (κ2) is 6.37. The number of halogens is 2. The van der Waals surface area contributed by atoms with Crippen LogP contribution in [-0.2, 0) is 0 Å². The molecule has 20 heavy (non-hydrogen) atoms. The quantitative estimate of drug-likeness (QED) is 0.842. The third-order valence-corrected chi connectivity index (χ3v) is 4.21. The lowest BCUT2D eigenvalue weighted by molar-refractivity contribution is 0.102. The number of pyridine rings is 1. The van der Waals surface area contributed by atoms with Crippen molar-refractivity contribution < 1.29 is 9.53 Å². The number of rotatable bonds is 3. The van der Waals surface area contributed by atoms with Crippen LogP contribution in [0.4, 0.5) is 5.82 Å². The molecule has 0 aliphatic rings. The van der Waals surface area contributed by atoms with E-state index in [2.05, 4.69) is 42.2 Å². The number of aromatic nitrogens is 1. The summed E-state index contributed by atoms with van der Waals surface area (Å²) >= 11 is 6.73. The van der Waals surface area contributed by atoms with E-state index in [1.54, 1.807) is 31.4 Å². The van der Waals surface area contributed by atoms with Gasteiger partial charge in [-0.15, -0.1) is 0 Å². The highest BCUT2D eigenvalue weighted by molar-refractivity contribution is 9.10. The van der Waals surface area contributed by atoms with E-state index in [1.165, 1.54) is 0 Å². The molecule has 0 saturated heterocycles. The first kappa shape index (κ1) is 15.0. The Labute approximate surface area is 133 Å². The average Bonchev–Trinajstić information content (AvgIpc) is 2.43. The molecule has 6 heteroatoms. The number of aryl methyl sites for hydroxylation is 1. The van der Waals surface area contributed by atoms with Crippen molar-refractivity contribution in [3.63, 3.8) is 0 Å². The van der Waals surface area contributed by atoms with Crippen LogP contribution in [0.15, 0.2) is 39.3 Å². The Morgan fingerprint density at radius 1 is 1.20 bits per heavy atom. The summed E-state index contributed by atoms with van der Waals surface area (Å²) in [5.74, 6) is 0.883. The maximum Gasteiger partial charge on any atom is 0.258 e. The van der Waals surface area contributed by atoms with Crippen molar-refractivity contribution in [1.29, 1.82) is 0 Å². The molecular weight excluding hydrogens is 388 g/mol.